The zero-order valence-corrected chi connectivity index (χ0v) is 9.66. The Labute approximate surface area is 89.2 Å². The molecule has 0 unspecified atom stereocenters. The van der Waals surface area contributed by atoms with E-state index in [0.29, 0.717) is 5.88 Å². The van der Waals surface area contributed by atoms with E-state index in [1.807, 2.05) is 14.0 Å². The van der Waals surface area contributed by atoms with Crippen LogP contribution in [0.3, 0.4) is 0 Å². The number of hydrogen-bond acceptors (Lipinski definition) is 4. The Balaban J connectivity index is 2.94. The first-order valence-corrected chi connectivity index (χ1v) is 4.84. The Morgan fingerprint density at radius 2 is 2.07 bits per heavy atom. The van der Waals surface area contributed by atoms with Crippen molar-refractivity contribution in [2.45, 2.75) is 6.92 Å². The summed E-state index contributed by atoms with van der Waals surface area (Å²) in [7, 11) is 3.43. The number of fused-ring (bicyclic) bond motifs is 1. The molecule has 0 spiro atoms. The molecule has 0 radical (unpaired) electrons. The SMILES string of the molecule is COc1nnc(C)c2c1c(Br)nn2C. The minimum atomic E-state index is 0.491. The fraction of sp³-hybridized carbons (Fsp3) is 0.375. The summed E-state index contributed by atoms with van der Waals surface area (Å²) in [4.78, 5) is 0. The van der Waals surface area contributed by atoms with Gasteiger partial charge >= 0.3 is 0 Å². The molecule has 2 heterocycles. The van der Waals surface area contributed by atoms with Crippen molar-refractivity contribution in [1.29, 1.82) is 0 Å². The maximum absolute atomic E-state index is 5.12. The second kappa shape index (κ2) is 3.20. The molecule has 2 rings (SSSR count). The molecule has 0 amide bonds. The molecule has 0 bridgehead atoms. The Morgan fingerprint density at radius 3 is 2.71 bits per heavy atom. The first-order chi connectivity index (χ1) is 6.65. The number of ether oxygens (including phenoxy) is 1. The molecule has 0 N–H and O–H groups in total. The number of aromatic nitrogens is 4. The molecule has 2 aromatic rings. The van der Waals surface area contributed by atoms with Gasteiger partial charge in [0.2, 0.25) is 5.88 Å². The summed E-state index contributed by atoms with van der Waals surface area (Å²) >= 11 is 3.36. The van der Waals surface area contributed by atoms with Crippen molar-refractivity contribution in [1.82, 2.24) is 20.0 Å². The largest absolute Gasteiger partial charge is 0.479 e. The molecule has 0 atom stereocenters. The predicted octanol–water partition coefficient (Wildman–Crippen LogP) is 1.44. The molecule has 5 nitrogen and oxygen atoms in total. The van der Waals surface area contributed by atoms with E-state index in [1.54, 1.807) is 11.8 Å². The zero-order valence-electron chi connectivity index (χ0n) is 8.08. The summed E-state index contributed by atoms with van der Waals surface area (Å²) in [6.45, 7) is 1.89. The molecule has 0 aliphatic heterocycles. The summed E-state index contributed by atoms with van der Waals surface area (Å²) < 4.78 is 7.60. The number of hydrogen-bond donors (Lipinski definition) is 0. The lowest BCUT2D eigenvalue weighted by Crippen LogP contribution is -1.97. The predicted molar refractivity (Wildman–Crippen MR) is 55.3 cm³/mol. The van der Waals surface area contributed by atoms with Crippen LogP contribution in [0.4, 0.5) is 0 Å². The van der Waals surface area contributed by atoms with Crippen molar-refractivity contribution in [3.8, 4) is 5.88 Å². The minimum absolute atomic E-state index is 0.491. The fourth-order valence-electron chi connectivity index (χ4n) is 1.46. The molecule has 0 saturated heterocycles. The fourth-order valence-corrected chi connectivity index (χ4v) is 2.05. The molecule has 0 aliphatic rings. The smallest absolute Gasteiger partial charge is 0.245 e. The summed E-state index contributed by atoms with van der Waals surface area (Å²) in [6.07, 6.45) is 0. The molecular formula is C8H9BrN4O. The number of rotatable bonds is 1. The summed E-state index contributed by atoms with van der Waals surface area (Å²) in [5.74, 6) is 0.491. The monoisotopic (exact) mass is 256 g/mol. The maximum Gasteiger partial charge on any atom is 0.245 e. The molecule has 0 fully saturated rings. The van der Waals surface area contributed by atoms with Crippen LogP contribution in [0.15, 0.2) is 4.60 Å². The van der Waals surface area contributed by atoms with Gasteiger partial charge in [-0.25, -0.2) is 0 Å². The van der Waals surface area contributed by atoms with Gasteiger partial charge in [-0.1, -0.05) is 0 Å². The van der Waals surface area contributed by atoms with Gasteiger partial charge in [-0.2, -0.15) is 5.10 Å². The molecule has 74 valence electrons. The third-order valence-corrected chi connectivity index (χ3v) is 2.60. The van der Waals surface area contributed by atoms with Gasteiger partial charge in [-0.05, 0) is 22.9 Å². The first kappa shape index (κ1) is 9.39. The average molecular weight is 257 g/mol. The highest BCUT2D eigenvalue weighted by molar-refractivity contribution is 9.10. The van der Waals surface area contributed by atoms with E-state index in [2.05, 4.69) is 31.2 Å². The van der Waals surface area contributed by atoms with Crippen LogP contribution < -0.4 is 4.74 Å². The van der Waals surface area contributed by atoms with Gasteiger partial charge in [0.1, 0.15) is 9.99 Å². The molecule has 6 heteroatoms. The first-order valence-electron chi connectivity index (χ1n) is 4.04. The van der Waals surface area contributed by atoms with E-state index in [9.17, 15) is 0 Å². The van der Waals surface area contributed by atoms with Crippen LogP contribution in [0.25, 0.3) is 10.9 Å². The minimum Gasteiger partial charge on any atom is -0.479 e. The second-order valence-corrected chi connectivity index (χ2v) is 3.68. The Kier molecular flexibility index (Phi) is 2.14. The molecule has 0 aromatic carbocycles. The summed E-state index contributed by atoms with van der Waals surface area (Å²) in [6, 6.07) is 0. The van der Waals surface area contributed by atoms with Crippen molar-refractivity contribution >= 4 is 26.8 Å². The molecular weight excluding hydrogens is 248 g/mol. The normalized spacial score (nSPS) is 10.9. The topological polar surface area (TPSA) is 52.8 Å². The van der Waals surface area contributed by atoms with Gasteiger partial charge in [0, 0.05) is 7.05 Å². The Morgan fingerprint density at radius 1 is 1.36 bits per heavy atom. The van der Waals surface area contributed by atoms with Crippen LogP contribution in [0, 0.1) is 6.92 Å². The van der Waals surface area contributed by atoms with Crippen LogP contribution in [0.2, 0.25) is 0 Å². The van der Waals surface area contributed by atoms with Gasteiger partial charge in [-0.3, -0.25) is 4.68 Å². The van der Waals surface area contributed by atoms with Crippen molar-refractivity contribution in [3.05, 3.63) is 10.3 Å². The lowest BCUT2D eigenvalue weighted by molar-refractivity contribution is 0.397. The van der Waals surface area contributed by atoms with Gasteiger partial charge < -0.3 is 4.74 Å². The standard InChI is InChI=1S/C8H9BrN4O/c1-4-6-5(7(9)12-13(6)2)8(14-3)11-10-4/h1-3H3. The highest BCUT2D eigenvalue weighted by Crippen LogP contribution is 2.30. The number of methoxy groups -OCH3 is 1. The lowest BCUT2D eigenvalue weighted by atomic mass is 10.3. The van der Waals surface area contributed by atoms with Gasteiger partial charge in [0.25, 0.3) is 0 Å². The van der Waals surface area contributed by atoms with E-state index in [1.165, 1.54) is 0 Å². The van der Waals surface area contributed by atoms with E-state index in [4.69, 9.17) is 4.74 Å². The summed E-state index contributed by atoms with van der Waals surface area (Å²) in [5, 5.41) is 13.0. The van der Waals surface area contributed by atoms with Crippen LogP contribution in [0.1, 0.15) is 5.69 Å². The zero-order chi connectivity index (χ0) is 10.3. The quantitative estimate of drug-likeness (QED) is 0.775. The molecule has 0 saturated carbocycles. The molecule has 2 aromatic heterocycles. The number of aryl methyl sites for hydroxylation is 2. The highest BCUT2D eigenvalue weighted by atomic mass is 79.9. The van der Waals surface area contributed by atoms with Crippen molar-refractivity contribution < 1.29 is 4.74 Å². The van der Waals surface area contributed by atoms with Gasteiger partial charge in [0.15, 0.2) is 0 Å². The van der Waals surface area contributed by atoms with Crippen molar-refractivity contribution in [3.63, 3.8) is 0 Å². The Bertz CT molecular complexity index is 494. The van der Waals surface area contributed by atoms with E-state index >= 15 is 0 Å². The second-order valence-electron chi connectivity index (χ2n) is 2.93. The van der Waals surface area contributed by atoms with E-state index in [-0.39, 0.29) is 0 Å². The van der Waals surface area contributed by atoms with Crippen LogP contribution in [-0.2, 0) is 7.05 Å². The van der Waals surface area contributed by atoms with Crippen LogP contribution in [0.5, 0.6) is 5.88 Å². The maximum atomic E-state index is 5.12. The van der Waals surface area contributed by atoms with Crippen molar-refractivity contribution in [2.75, 3.05) is 7.11 Å². The van der Waals surface area contributed by atoms with E-state index in [0.717, 1.165) is 21.2 Å². The van der Waals surface area contributed by atoms with Crippen LogP contribution in [-0.4, -0.2) is 27.1 Å². The highest BCUT2D eigenvalue weighted by Gasteiger charge is 2.15. The third-order valence-electron chi connectivity index (χ3n) is 2.05. The van der Waals surface area contributed by atoms with Gasteiger partial charge in [-0.15, -0.1) is 10.2 Å². The summed E-state index contributed by atoms with van der Waals surface area (Å²) in [5.41, 5.74) is 1.77. The number of nitrogens with zero attached hydrogens (tertiary/aromatic N) is 4. The third kappa shape index (κ3) is 1.18. The molecule has 14 heavy (non-hydrogen) atoms. The van der Waals surface area contributed by atoms with Gasteiger partial charge in [0.05, 0.1) is 18.3 Å². The van der Waals surface area contributed by atoms with E-state index < -0.39 is 0 Å². The van der Waals surface area contributed by atoms with Crippen LogP contribution >= 0.6 is 15.9 Å². The average Bonchev–Trinajstić information content (AvgIpc) is 2.44. The Hall–Kier alpha value is -1.17. The van der Waals surface area contributed by atoms with Crippen molar-refractivity contribution in [2.24, 2.45) is 7.05 Å². The number of halogens is 1. The lowest BCUT2D eigenvalue weighted by Gasteiger charge is -2.01. The molecule has 0 aliphatic carbocycles.